The molecule has 0 aliphatic carbocycles. The molecule has 48 heavy (non-hydrogen) atoms. The van der Waals surface area contributed by atoms with Gasteiger partial charge in [-0.3, -0.25) is 0 Å². The van der Waals surface area contributed by atoms with Gasteiger partial charge in [0, 0.05) is 32.8 Å². The van der Waals surface area contributed by atoms with Crippen molar-refractivity contribution in [1.82, 2.24) is 9.13 Å². The summed E-state index contributed by atoms with van der Waals surface area (Å²) in [7, 11) is 0. The summed E-state index contributed by atoms with van der Waals surface area (Å²) in [5, 5.41) is 25.1. The molecule has 0 spiro atoms. The fraction of sp³-hybridized carbons (Fsp3) is 0. The lowest BCUT2D eigenvalue weighted by Crippen LogP contribution is -2.02. The first-order valence-electron chi connectivity index (χ1n) is 15.9. The van der Waals surface area contributed by atoms with Crippen molar-refractivity contribution >= 4 is 43.6 Å². The number of hydrogen-bond donors (Lipinski definition) is 0. The standard InChI is InChI=1S/C44H26N4/c45-27-29-24-33(28-46)44(48-42-18-7-3-14-37(42)38-15-4-8-19-43(38)48)39(25-29)31-22-20-30(21-23-31)32-10-9-11-34(26-32)47-40-16-5-1-12-35(40)36-13-2-6-17-41(36)47/h1-26H. The molecule has 0 bridgehead atoms. The van der Waals surface area contributed by atoms with Crippen LogP contribution in [0.25, 0.3) is 77.2 Å². The largest absolute Gasteiger partial charge is 0.309 e. The van der Waals surface area contributed by atoms with Crippen LogP contribution in [-0.4, -0.2) is 9.13 Å². The molecular formula is C44H26N4. The third-order valence-corrected chi connectivity index (χ3v) is 9.38. The lowest BCUT2D eigenvalue weighted by Gasteiger charge is -2.17. The summed E-state index contributed by atoms with van der Waals surface area (Å²) in [4.78, 5) is 0. The van der Waals surface area contributed by atoms with E-state index in [0.717, 1.165) is 55.4 Å². The molecular weight excluding hydrogens is 585 g/mol. The van der Waals surface area contributed by atoms with Gasteiger partial charge in [0.25, 0.3) is 0 Å². The molecule has 0 N–H and O–H groups in total. The highest BCUT2D eigenvalue weighted by Crippen LogP contribution is 2.39. The highest BCUT2D eigenvalue weighted by atomic mass is 15.0. The third-order valence-electron chi connectivity index (χ3n) is 9.38. The first-order valence-corrected chi connectivity index (χ1v) is 15.9. The minimum absolute atomic E-state index is 0.453. The van der Waals surface area contributed by atoms with Crippen molar-refractivity contribution in [2.24, 2.45) is 0 Å². The van der Waals surface area contributed by atoms with Crippen molar-refractivity contribution in [3.8, 4) is 45.8 Å². The highest BCUT2D eigenvalue weighted by molar-refractivity contribution is 6.10. The van der Waals surface area contributed by atoms with Crippen LogP contribution in [0.4, 0.5) is 0 Å². The van der Waals surface area contributed by atoms with Gasteiger partial charge in [-0.05, 0) is 65.2 Å². The Labute approximate surface area is 277 Å². The fourth-order valence-electron chi connectivity index (χ4n) is 7.28. The van der Waals surface area contributed by atoms with E-state index in [1.54, 1.807) is 6.07 Å². The van der Waals surface area contributed by atoms with Crippen molar-refractivity contribution in [2.45, 2.75) is 0 Å². The molecule has 0 aliphatic heterocycles. The van der Waals surface area contributed by atoms with E-state index in [-0.39, 0.29) is 0 Å². The predicted molar refractivity (Wildman–Crippen MR) is 195 cm³/mol. The number of nitriles is 2. The van der Waals surface area contributed by atoms with Crippen LogP contribution in [-0.2, 0) is 0 Å². The highest BCUT2D eigenvalue weighted by Gasteiger charge is 2.20. The van der Waals surface area contributed by atoms with Crippen LogP contribution in [0.2, 0.25) is 0 Å². The van der Waals surface area contributed by atoms with Crippen LogP contribution < -0.4 is 0 Å². The monoisotopic (exact) mass is 610 g/mol. The molecule has 4 heteroatoms. The number of para-hydroxylation sites is 4. The van der Waals surface area contributed by atoms with Gasteiger partial charge in [0.15, 0.2) is 0 Å². The Kier molecular flexibility index (Phi) is 6.22. The predicted octanol–water partition coefficient (Wildman–Crippen LogP) is 11.0. The summed E-state index contributed by atoms with van der Waals surface area (Å²) in [6.07, 6.45) is 0. The molecule has 7 aromatic carbocycles. The molecule has 0 radical (unpaired) electrons. The van der Waals surface area contributed by atoms with Crippen LogP contribution in [0.1, 0.15) is 11.1 Å². The van der Waals surface area contributed by atoms with E-state index in [0.29, 0.717) is 11.1 Å². The molecule has 0 fully saturated rings. The van der Waals surface area contributed by atoms with Crippen molar-refractivity contribution in [1.29, 1.82) is 10.5 Å². The minimum Gasteiger partial charge on any atom is -0.309 e. The lowest BCUT2D eigenvalue weighted by atomic mass is 9.95. The molecule has 0 aliphatic rings. The Morgan fingerprint density at radius 3 is 1.42 bits per heavy atom. The average Bonchev–Trinajstić information content (AvgIpc) is 3.67. The maximum atomic E-state index is 10.4. The summed E-state index contributed by atoms with van der Waals surface area (Å²) >= 11 is 0. The summed E-state index contributed by atoms with van der Waals surface area (Å²) in [5.41, 5.74) is 11.1. The maximum Gasteiger partial charge on any atom is 0.101 e. The van der Waals surface area contributed by atoms with Gasteiger partial charge in [0.2, 0.25) is 0 Å². The van der Waals surface area contributed by atoms with Crippen LogP contribution in [0.15, 0.2) is 158 Å². The van der Waals surface area contributed by atoms with Crippen LogP contribution in [0, 0.1) is 22.7 Å². The van der Waals surface area contributed by atoms with E-state index < -0.39 is 0 Å². The fourth-order valence-corrected chi connectivity index (χ4v) is 7.28. The maximum absolute atomic E-state index is 10.4. The zero-order chi connectivity index (χ0) is 32.2. The molecule has 0 amide bonds. The second-order valence-electron chi connectivity index (χ2n) is 12.0. The van der Waals surface area contributed by atoms with Gasteiger partial charge < -0.3 is 9.13 Å². The Bertz CT molecular complexity index is 2690. The quantitative estimate of drug-likeness (QED) is 0.199. The van der Waals surface area contributed by atoms with Crippen molar-refractivity contribution in [3.63, 3.8) is 0 Å². The van der Waals surface area contributed by atoms with Gasteiger partial charge in [-0.15, -0.1) is 0 Å². The summed E-state index contributed by atoms with van der Waals surface area (Å²) < 4.78 is 4.50. The number of hydrogen-bond acceptors (Lipinski definition) is 2. The zero-order valence-corrected chi connectivity index (χ0v) is 25.8. The summed E-state index contributed by atoms with van der Waals surface area (Å²) in [6, 6.07) is 59.0. The number of nitrogens with zero attached hydrogens (tertiary/aromatic N) is 4. The molecule has 9 rings (SSSR count). The molecule has 0 saturated carbocycles. The SMILES string of the molecule is N#Cc1cc(C#N)c(-n2c3ccccc3c3ccccc32)c(-c2ccc(-c3cccc(-n4c5ccccc5c5ccccc54)c3)cc2)c1. The van der Waals surface area contributed by atoms with Gasteiger partial charge >= 0.3 is 0 Å². The van der Waals surface area contributed by atoms with E-state index in [9.17, 15) is 10.5 Å². The first-order chi connectivity index (χ1) is 23.7. The van der Waals surface area contributed by atoms with Crippen molar-refractivity contribution in [3.05, 3.63) is 169 Å². The van der Waals surface area contributed by atoms with E-state index in [4.69, 9.17) is 0 Å². The molecule has 2 aromatic heterocycles. The Morgan fingerprint density at radius 1 is 0.396 bits per heavy atom. The summed E-state index contributed by atoms with van der Waals surface area (Å²) in [6.45, 7) is 0. The lowest BCUT2D eigenvalue weighted by molar-refractivity contribution is 1.17. The minimum atomic E-state index is 0.453. The van der Waals surface area contributed by atoms with E-state index in [1.807, 2.05) is 30.3 Å². The first kappa shape index (κ1) is 27.4. The van der Waals surface area contributed by atoms with Gasteiger partial charge in [0.1, 0.15) is 6.07 Å². The molecule has 2 heterocycles. The second kappa shape index (κ2) is 10.9. The van der Waals surface area contributed by atoms with Crippen LogP contribution in [0.5, 0.6) is 0 Å². The molecule has 4 nitrogen and oxygen atoms in total. The zero-order valence-electron chi connectivity index (χ0n) is 25.8. The van der Waals surface area contributed by atoms with Gasteiger partial charge in [0.05, 0.1) is 45.0 Å². The number of benzene rings is 7. The van der Waals surface area contributed by atoms with Crippen LogP contribution >= 0.6 is 0 Å². The van der Waals surface area contributed by atoms with E-state index in [2.05, 4.69) is 143 Å². The molecule has 0 saturated heterocycles. The number of rotatable bonds is 4. The summed E-state index contributed by atoms with van der Waals surface area (Å²) in [5.74, 6) is 0. The third kappa shape index (κ3) is 4.14. The van der Waals surface area contributed by atoms with E-state index >= 15 is 0 Å². The number of fused-ring (bicyclic) bond motifs is 6. The van der Waals surface area contributed by atoms with Crippen molar-refractivity contribution < 1.29 is 0 Å². The molecule has 222 valence electrons. The van der Waals surface area contributed by atoms with Gasteiger partial charge in [-0.2, -0.15) is 10.5 Å². The smallest absolute Gasteiger partial charge is 0.101 e. The Hall–Kier alpha value is -6.88. The topological polar surface area (TPSA) is 57.4 Å². The Morgan fingerprint density at radius 2 is 0.896 bits per heavy atom. The second-order valence-corrected chi connectivity index (χ2v) is 12.0. The van der Waals surface area contributed by atoms with Crippen LogP contribution in [0.3, 0.4) is 0 Å². The molecule has 9 aromatic rings. The molecule has 0 unspecified atom stereocenters. The normalized spacial score (nSPS) is 11.3. The molecule has 0 atom stereocenters. The average molecular weight is 611 g/mol. The van der Waals surface area contributed by atoms with Gasteiger partial charge in [-0.25, -0.2) is 0 Å². The van der Waals surface area contributed by atoms with E-state index in [1.165, 1.54) is 21.8 Å². The van der Waals surface area contributed by atoms with Gasteiger partial charge in [-0.1, -0.05) is 109 Å². The Balaban J connectivity index is 1.20. The van der Waals surface area contributed by atoms with Crippen molar-refractivity contribution in [2.75, 3.05) is 0 Å². The number of aromatic nitrogens is 2.